The number of nitrogens with zero attached hydrogens (tertiary/aromatic N) is 1. The van der Waals surface area contributed by atoms with E-state index in [4.69, 9.17) is 7.58 Å². The third-order valence-corrected chi connectivity index (χ3v) is 2.58. The van der Waals surface area contributed by atoms with Crippen LogP contribution in [0.2, 0.25) is 0 Å². The van der Waals surface area contributed by atoms with Crippen LogP contribution in [0.25, 0.3) is 0 Å². The molecule has 0 saturated carbocycles. The third kappa shape index (κ3) is 2.07. The van der Waals surface area contributed by atoms with E-state index in [0.29, 0.717) is 5.06 Å². The van der Waals surface area contributed by atoms with Crippen LogP contribution in [-0.2, 0) is 4.84 Å². The van der Waals surface area contributed by atoms with E-state index in [2.05, 4.69) is 0 Å². The van der Waals surface area contributed by atoms with Gasteiger partial charge in [0.15, 0.2) is 0 Å². The predicted octanol–water partition coefficient (Wildman–Crippen LogP) is 2.57. The molecule has 0 bridgehead atoms. The molecular formula is C14H15NO3. The summed E-state index contributed by atoms with van der Waals surface area (Å²) in [6.45, 7) is 3.26. The summed E-state index contributed by atoms with van der Waals surface area (Å²) in [5, 5.41) is 0.583. The normalized spacial score (nSPS) is 20.3. The van der Waals surface area contributed by atoms with Crippen LogP contribution >= 0.6 is 0 Å². The summed E-state index contributed by atoms with van der Waals surface area (Å²) in [7, 11) is 0. The molecule has 1 aromatic rings. The van der Waals surface area contributed by atoms with Crippen molar-refractivity contribution in [3.63, 3.8) is 0 Å². The number of fused-ring (bicyclic) bond motifs is 1. The van der Waals surface area contributed by atoms with Crippen LogP contribution in [0, 0.1) is 0 Å². The first kappa shape index (κ1) is 10.0. The number of hydroxylamine groups is 2. The van der Waals surface area contributed by atoms with E-state index in [1.165, 1.54) is 18.2 Å². The van der Waals surface area contributed by atoms with Gasteiger partial charge in [0.25, 0.3) is 11.8 Å². The van der Waals surface area contributed by atoms with Crippen LogP contribution in [0.5, 0.6) is 0 Å². The van der Waals surface area contributed by atoms with Gasteiger partial charge in [-0.2, -0.15) is 0 Å². The Hall–Kier alpha value is -1.94. The lowest BCUT2D eigenvalue weighted by Crippen LogP contribution is -2.33. The zero-order valence-corrected chi connectivity index (χ0v) is 10.3. The lowest BCUT2D eigenvalue weighted by molar-refractivity contribution is -0.117. The number of allylic oxidation sites excluding steroid dienone is 1. The van der Waals surface area contributed by atoms with Crippen LogP contribution in [0.15, 0.2) is 36.4 Å². The summed E-state index contributed by atoms with van der Waals surface area (Å²) in [5.41, 5.74) is 0.505. The van der Waals surface area contributed by atoms with E-state index in [9.17, 15) is 9.59 Å². The molecule has 4 heteroatoms. The number of rotatable bonds is 4. The number of benzene rings is 1. The van der Waals surface area contributed by atoms with Gasteiger partial charge in [-0.05, 0) is 25.5 Å². The van der Waals surface area contributed by atoms with Gasteiger partial charge >= 0.3 is 0 Å². The Morgan fingerprint density at radius 3 is 2.39 bits per heavy atom. The average molecular weight is 247 g/mol. The second kappa shape index (κ2) is 5.14. The molecule has 2 rings (SSSR count). The molecule has 0 aliphatic carbocycles. The minimum Gasteiger partial charge on any atom is -0.266 e. The highest BCUT2D eigenvalue weighted by molar-refractivity contribution is 6.20. The Balaban J connectivity index is 2.33. The molecule has 1 unspecified atom stereocenters. The van der Waals surface area contributed by atoms with Crippen LogP contribution in [-0.4, -0.2) is 23.0 Å². The zero-order valence-electron chi connectivity index (χ0n) is 12.3. The number of imide groups is 1. The van der Waals surface area contributed by atoms with E-state index in [1.807, 2.05) is 0 Å². The van der Waals surface area contributed by atoms with Gasteiger partial charge < -0.3 is 0 Å². The highest BCUT2D eigenvalue weighted by atomic mass is 16.7. The van der Waals surface area contributed by atoms with Crippen molar-refractivity contribution in [2.24, 2.45) is 0 Å². The Morgan fingerprint density at radius 1 is 1.39 bits per heavy atom. The molecule has 94 valence electrons. The Morgan fingerprint density at radius 2 is 1.94 bits per heavy atom. The van der Waals surface area contributed by atoms with Crippen LogP contribution in [0.4, 0.5) is 0 Å². The first-order valence-electron chi connectivity index (χ1n) is 6.75. The van der Waals surface area contributed by atoms with Crippen molar-refractivity contribution < 1.29 is 17.2 Å². The van der Waals surface area contributed by atoms with Gasteiger partial charge in [-0.1, -0.05) is 31.2 Å². The minimum absolute atomic E-state index is 0.100. The van der Waals surface area contributed by atoms with Crippen molar-refractivity contribution in [3.8, 4) is 0 Å². The van der Waals surface area contributed by atoms with Crippen LogP contribution in [0.1, 0.15) is 43.7 Å². The first-order valence-corrected chi connectivity index (χ1v) is 5.75. The molecule has 2 amide bonds. The van der Waals surface area contributed by atoms with Crippen molar-refractivity contribution in [3.05, 3.63) is 47.5 Å². The number of amides is 2. The number of carbonyl (C=O) groups excluding carboxylic acids is 2. The third-order valence-electron chi connectivity index (χ3n) is 2.58. The standard InChI is InChI=1S/C14H15NO3/c1-3-7-10(4-2)18-15-13(16)11-8-5-6-9-12(11)14(15)17/h3,5-10H,4H2,1-2H3/b7-3+/i7D,10D. The summed E-state index contributed by atoms with van der Waals surface area (Å²) in [4.78, 5) is 29.5. The minimum atomic E-state index is -1.75. The molecule has 4 nitrogen and oxygen atoms in total. The van der Waals surface area contributed by atoms with E-state index in [-0.39, 0.29) is 23.6 Å². The fourth-order valence-electron chi connectivity index (χ4n) is 1.71. The molecule has 1 aliphatic heterocycles. The fraction of sp³-hybridized carbons (Fsp3) is 0.286. The van der Waals surface area contributed by atoms with E-state index < -0.39 is 17.9 Å². The summed E-state index contributed by atoms with van der Waals surface area (Å²) in [6, 6.07) is 6.28. The van der Waals surface area contributed by atoms with Gasteiger partial charge in [-0.3, -0.25) is 14.4 Å². The van der Waals surface area contributed by atoms with Crippen molar-refractivity contribution in [1.82, 2.24) is 5.06 Å². The van der Waals surface area contributed by atoms with Crippen molar-refractivity contribution >= 4 is 11.8 Å². The molecule has 0 saturated heterocycles. The smallest absolute Gasteiger partial charge is 0.266 e. The Kier molecular flexibility index (Phi) is 2.86. The fourth-order valence-corrected chi connectivity index (χ4v) is 1.71. The van der Waals surface area contributed by atoms with Gasteiger partial charge in [0.05, 0.1) is 13.9 Å². The van der Waals surface area contributed by atoms with Crippen molar-refractivity contribution in [2.45, 2.75) is 26.3 Å². The maximum absolute atomic E-state index is 12.1. The molecule has 1 atom stereocenters. The lowest BCUT2D eigenvalue weighted by Gasteiger charge is -2.18. The molecule has 0 fully saturated rings. The van der Waals surface area contributed by atoms with Crippen molar-refractivity contribution in [2.75, 3.05) is 0 Å². The first-order chi connectivity index (χ1) is 9.44. The summed E-state index contributed by atoms with van der Waals surface area (Å²) >= 11 is 0. The molecule has 0 N–H and O–H groups in total. The van der Waals surface area contributed by atoms with Gasteiger partial charge in [0.2, 0.25) is 0 Å². The second-order valence-electron chi connectivity index (χ2n) is 3.75. The largest absolute Gasteiger partial charge is 0.285 e. The Bertz CT molecular complexity index is 565. The summed E-state index contributed by atoms with van der Waals surface area (Å²) in [5.74, 6) is -1.20. The molecule has 18 heavy (non-hydrogen) atoms. The van der Waals surface area contributed by atoms with Gasteiger partial charge in [-0.15, -0.1) is 5.06 Å². The molecule has 1 heterocycles. The maximum atomic E-state index is 12.1. The predicted molar refractivity (Wildman–Crippen MR) is 66.9 cm³/mol. The quantitative estimate of drug-likeness (QED) is 0.607. The summed E-state index contributed by atoms with van der Waals surface area (Å²) in [6.07, 6.45) is -0.194. The summed E-state index contributed by atoms with van der Waals surface area (Å²) < 4.78 is 15.8. The number of carbonyl (C=O) groups is 2. The van der Waals surface area contributed by atoms with E-state index in [0.717, 1.165) is 0 Å². The maximum Gasteiger partial charge on any atom is 0.285 e. The van der Waals surface area contributed by atoms with Gasteiger partial charge in [0, 0.05) is 0 Å². The Labute approximate surface area is 109 Å². The van der Waals surface area contributed by atoms with Crippen LogP contribution < -0.4 is 0 Å². The van der Waals surface area contributed by atoms with Crippen molar-refractivity contribution in [1.29, 1.82) is 0 Å². The molecule has 1 aromatic carbocycles. The average Bonchev–Trinajstić information content (AvgIpc) is 2.71. The molecule has 0 radical (unpaired) electrons. The topological polar surface area (TPSA) is 46.6 Å². The van der Waals surface area contributed by atoms with Gasteiger partial charge in [0.1, 0.15) is 6.08 Å². The highest BCUT2D eigenvalue weighted by Gasteiger charge is 2.37. The zero-order chi connectivity index (χ0) is 14.9. The number of hydrogen-bond donors (Lipinski definition) is 0. The molecule has 0 aromatic heterocycles. The van der Waals surface area contributed by atoms with E-state index in [1.54, 1.807) is 26.0 Å². The lowest BCUT2D eigenvalue weighted by atomic mass is 10.1. The SMILES string of the molecule is [2H]/C(=C\C)C([2H])(CC)ON1C(=O)c2ccccc2C1=O. The molecule has 1 aliphatic rings. The molecular weight excluding hydrogens is 230 g/mol. The molecule has 0 spiro atoms. The van der Waals surface area contributed by atoms with E-state index >= 15 is 0 Å². The second-order valence-corrected chi connectivity index (χ2v) is 3.75. The number of hydrogen-bond acceptors (Lipinski definition) is 3. The monoisotopic (exact) mass is 247 g/mol. The van der Waals surface area contributed by atoms with Gasteiger partial charge in [-0.25, -0.2) is 0 Å². The van der Waals surface area contributed by atoms with Crippen LogP contribution in [0.3, 0.4) is 0 Å². The highest BCUT2D eigenvalue weighted by Crippen LogP contribution is 2.23.